The molecule has 0 bridgehead atoms. The van der Waals surface area contributed by atoms with Crippen molar-refractivity contribution < 1.29 is 13.2 Å². The number of fused-ring (bicyclic) bond motifs is 1. The summed E-state index contributed by atoms with van der Waals surface area (Å²) >= 11 is 0. The van der Waals surface area contributed by atoms with Gasteiger partial charge < -0.3 is 4.74 Å². The number of aryl methyl sites for hydroxylation is 1. The number of aromatic nitrogens is 5. The first kappa shape index (κ1) is 15.3. The highest BCUT2D eigenvalue weighted by atomic mass is 32.2. The molecule has 0 radical (unpaired) electrons. The van der Waals surface area contributed by atoms with Gasteiger partial charge in [-0.05, 0) is 25.1 Å². The predicted octanol–water partition coefficient (Wildman–Crippen LogP) is 0.185. The summed E-state index contributed by atoms with van der Waals surface area (Å²) in [5.74, 6) is 1.00. The molecule has 0 fully saturated rings. The molecule has 0 aliphatic heterocycles. The Morgan fingerprint density at radius 2 is 2.13 bits per heavy atom. The number of ether oxygens (including phenoxy) is 1. The van der Waals surface area contributed by atoms with Gasteiger partial charge in [-0.1, -0.05) is 0 Å². The summed E-state index contributed by atoms with van der Waals surface area (Å²) in [7, 11) is -3.59. The Balaban J connectivity index is 1.57. The second-order valence-electron chi connectivity index (χ2n) is 4.62. The van der Waals surface area contributed by atoms with Crippen molar-refractivity contribution in [3.8, 4) is 5.88 Å². The molecule has 1 N–H and O–H groups in total. The van der Waals surface area contributed by atoms with Crippen LogP contribution < -0.4 is 9.46 Å². The molecule has 0 aliphatic rings. The van der Waals surface area contributed by atoms with E-state index in [0.717, 1.165) is 0 Å². The monoisotopic (exact) mass is 334 g/mol. The molecule has 3 heterocycles. The van der Waals surface area contributed by atoms with Gasteiger partial charge in [-0.25, -0.2) is 13.1 Å². The lowest BCUT2D eigenvalue weighted by Gasteiger charge is -2.08. The maximum absolute atomic E-state index is 12.0. The van der Waals surface area contributed by atoms with Crippen LogP contribution in [0.15, 0.2) is 41.6 Å². The molecule has 0 saturated heterocycles. The van der Waals surface area contributed by atoms with Crippen LogP contribution in [0.25, 0.3) is 5.65 Å². The molecule has 0 atom stereocenters. The van der Waals surface area contributed by atoms with Crippen LogP contribution >= 0.6 is 0 Å². The van der Waals surface area contributed by atoms with Crippen molar-refractivity contribution >= 4 is 15.7 Å². The van der Waals surface area contributed by atoms with Gasteiger partial charge in [-0.3, -0.25) is 4.98 Å². The van der Waals surface area contributed by atoms with Crippen molar-refractivity contribution in [2.24, 2.45) is 0 Å². The number of pyridine rings is 1. The summed E-state index contributed by atoms with van der Waals surface area (Å²) in [5.41, 5.74) is 0.618. The van der Waals surface area contributed by atoms with Gasteiger partial charge in [-0.2, -0.15) is 4.52 Å². The fraction of sp³-hybridized carbons (Fsp3) is 0.231. The van der Waals surface area contributed by atoms with Gasteiger partial charge in [0.25, 0.3) is 0 Å². The van der Waals surface area contributed by atoms with Crippen LogP contribution in [-0.4, -0.2) is 46.4 Å². The SMILES string of the molecule is Cc1nnc2ccc(OCCNS(=O)(=O)c3cccnc3)nn12. The summed E-state index contributed by atoms with van der Waals surface area (Å²) in [5, 5.41) is 12.0. The van der Waals surface area contributed by atoms with Crippen LogP contribution in [0.4, 0.5) is 0 Å². The first-order valence-corrected chi connectivity index (χ1v) is 8.26. The van der Waals surface area contributed by atoms with E-state index in [9.17, 15) is 8.42 Å². The number of nitrogens with one attached hydrogen (secondary N) is 1. The Kier molecular flexibility index (Phi) is 4.17. The van der Waals surface area contributed by atoms with Crippen LogP contribution in [0.3, 0.4) is 0 Å². The number of hydrogen-bond donors (Lipinski definition) is 1. The predicted molar refractivity (Wildman–Crippen MR) is 80.4 cm³/mol. The van der Waals surface area contributed by atoms with E-state index in [1.165, 1.54) is 18.5 Å². The quantitative estimate of drug-likeness (QED) is 0.640. The summed E-state index contributed by atoms with van der Waals surface area (Å²) < 4.78 is 33.4. The fourth-order valence-corrected chi connectivity index (χ4v) is 2.85. The maximum atomic E-state index is 12.0. The van der Waals surface area contributed by atoms with E-state index in [-0.39, 0.29) is 18.0 Å². The van der Waals surface area contributed by atoms with Crippen molar-refractivity contribution in [1.29, 1.82) is 0 Å². The Bertz CT molecular complexity index is 910. The van der Waals surface area contributed by atoms with Gasteiger partial charge >= 0.3 is 0 Å². The summed E-state index contributed by atoms with van der Waals surface area (Å²) in [6.45, 7) is 2.02. The van der Waals surface area contributed by atoms with Gasteiger partial charge in [0.05, 0.1) is 0 Å². The molecular formula is C13H14N6O3S. The van der Waals surface area contributed by atoms with Crippen LogP contribution in [0.1, 0.15) is 5.82 Å². The van der Waals surface area contributed by atoms with E-state index >= 15 is 0 Å². The van der Waals surface area contributed by atoms with Gasteiger partial charge in [0, 0.05) is 25.0 Å². The van der Waals surface area contributed by atoms with E-state index in [2.05, 4.69) is 25.0 Å². The second kappa shape index (κ2) is 6.26. The summed E-state index contributed by atoms with van der Waals surface area (Å²) in [6, 6.07) is 6.41. The Hall–Kier alpha value is -2.59. The van der Waals surface area contributed by atoms with E-state index in [1.54, 1.807) is 29.6 Å². The van der Waals surface area contributed by atoms with Crippen LogP contribution in [0, 0.1) is 6.92 Å². The van der Waals surface area contributed by atoms with Crippen LogP contribution in [-0.2, 0) is 10.0 Å². The third-order valence-corrected chi connectivity index (χ3v) is 4.43. The highest BCUT2D eigenvalue weighted by Gasteiger charge is 2.13. The first-order valence-electron chi connectivity index (χ1n) is 6.78. The Morgan fingerprint density at radius 1 is 1.26 bits per heavy atom. The van der Waals surface area contributed by atoms with Gasteiger partial charge in [0.2, 0.25) is 15.9 Å². The van der Waals surface area contributed by atoms with Gasteiger partial charge in [-0.15, -0.1) is 15.3 Å². The maximum Gasteiger partial charge on any atom is 0.242 e. The highest BCUT2D eigenvalue weighted by Crippen LogP contribution is 2.09. The lowest BCUT2D eigenvalue weighted by atomic mass is 10.5. The lowest BCUT2D eigenvalue weighted by molar-refractivity contribution is 0.305. The third kappa shape index (κ3) is 3.43. The molecule has 0 unspecified atom stereocenters. The summed E-state index contributed by atoms with van der Waals surface area (Å²) in [4.78, 5) is 3.89. The Morgan fingerprint density at radius 3 is 2.91 bits per heavy atom. The molecule has 10 heteroatoms. The van der Waals surface area contributed by atoms with Crippen molar-refractivity contribution in [2.45, 2.75) is 11.8 Å². The third-order valence-electron chi connectivity index (χ3n) is 2.98. The van der Waals surface area contributed by atoms with Gasteiger partial charge in [0.1, 0.15) is 11.5 Å². The minimum atomic E-state index is -3.59. The summed E-state index contributed by atoms with van der Waals surface area (Å²) in [6.07, 6.45) is 2.80. The zero-order chi connectivity index (χ0) is 16.3. The zero-order valence-electron chi connectivity index (χ0n) is 12.2. The van der Waals surface area contributed by atoms with Crippen molar-refractivity contribution in [3.63, 3.8) is 0 Å². The molecule has 0 saturated carbocycles. The van der Waals surface area contributed by atoms with Crippen molar-refractivity contribution in [3.05, 3.63) is 42.5 Å². The number of nitrogens with zero attached hydrogens (tertiary/aromatic N) is 5. The van der Waals surface area contributed by atoms with Crippen LogP contribution in [0.2, 0.25) is 0 Å². The molecule has 3 aromatic rings. The topological polar surface area (TPSA) is 111 Å². The molecule has 9 nitrogen and oxygen atoms in total. The molecule has 3 rings (SSSR count). The average molecular weight is 334 g/mol. The van der Waals surface area contributed by atoms with E-state index in [4.69, 9.17) is 4.74 Å². The van der Waals surface area contributed by atoms with Crippen molar-refractivity contribution in [1.82, 2.24) is 29.5 Å². The number of hydrogen-bond acceptors (Lipinski definition) is 7. The van der Waals surface area contributed by atoms with E-state index < -0.39 is 10.0 Å². The standard InChI is InChI=1S/C13H14N6O3S/c1-10-16-17-12-4-5-13(18-19(10)12)22-8-7-15-23(20,21)11-3-2-6-14-9-11/h2-6,9,15H,7-8H2,1H3. The van der Waals surface area contributed by atoms with Crippen molar-refractivity contribution in [2.75, 3.05) is 13.2 Å². The smallest absolute Gasteiger partial charge is 0.242 e. The second-order valence-corrected chi connectivity index (χ2v) is 6.39. The number of rotatable bonds is 6. The average Bonchev–Trinajstić information content (AvgIpc) is 2.93. The van der Waals surface area contributed by atoms with Crippen LogP contribution in [0.5, 0.6) is 5.88 Å². The molecule has 120 valence electrons. The molecule has 3 aromatic heterocycles. The Labute approximate surface area is 132 Å². The van der Waals surface area contributed by atoms with E-state index in [0.29, 0.717) is 17.4 Å². The normalized spacial score (nSPS) is 11.7. The highest BCUT2D eigenvalue weighted by molar-refractivity contribution is 7.89. The molecular weight excluding hydrogens is 320 g/mol. The van der Waals surface area contributed by atoms with Gasteiger partial charge in [0.15, 0.2) is 11.5 Å². The number of sulfonamides is 1. The molecule has 0 aromatic carbocycles. The molecule has 0 amide bonds. The largest absolute Gasteiger partial charge is 0.475 e. The first-order chi connectivity index (χ1) is 11.1. The zero-order valence-corrected chi connectivity index (χ0v) is 13.1. The van der Waals surface area contributed by atoms with E-state index in [1.807, 2.05) is 0 Å². The lowest BCUT2D eigenvalue weighted by Crippen LogP contribution is -2.28. The minimum absolute atomic E-state index is 0.109. The molecule has 0 aliphatic carbocycles. The molecule has 23 heavy (non-hydrogen) atoms. The minimum Gasteiger partial charge on any atom is -0.475 e. The fourth-order valence-electron chi connectivity index (χ4n) is 1.88. The molecule has 0 spiro atoms.